The van der Waals surface area contributed by atoms with Crippen molar-refractivity contribution in [3.05, 3.63) is 34.9 Å². The van der Waals surface area contributed by atoms with E-state index in [9.17, 15) is 4.79 Å². The fourth-order valence-corrected chi connectivity index (χ4v) is 1.23. The fraction of sp³-hybridized carbons (Fsp3) is 0.364. The van der Waals surface area contributed by atoms with Crippen molar-refractivity contribution >= 4 is 5.78 Å². The van der Waals surface area contributed by atoms with E-state index in [-0.39, 0.29) is 5.78 Å². The number of carbonyl (C=O) groups is 1. The fourth-order valence-electron chi connectivity index (χ4n) is 1.23. The van der Waals surface area contributed by atoms with Gasteiger partial charge in [0.05, 0.1) is 6.61 Å². The summed E-state index contributed by atoms with van der Waals surface area (Å²) in [5.74, 6) is 0.104. The van der Waals surface area contributed by atoms with E-state index in [1.54, 1.807) is 14.0 Å². The third-order valence-electron chi connectivity index (χ3n) is 2.05. The number of rotatable bonds is 3. The Morgan fingerprint density at radius 1 is 1.46 bits per heavy atom. The van der Waals surface area contributed by atoms with Crippen LogP contribution in [0.15, 0.2) is 18.2 Å². The quantitative estimate of drug-likeness (QED) is 0.664. The molecule has 0 unspecified atom stereocenters. The Kier molecular flexibility index (Phi) is 3.20. The minimum atomic E-state index is 0.104. The van der Waals surface area contributed by atoms with Crippen LogP contribution >= 0.6 is 0 Å². The SMILES string of the molecule is COCc1ccc(C(C)=O)cc1C. The second kappa shape index (κ2) is 4.19. The van der Waals surface area contributed by atoms with E-state index in [1.807, 2.05) is 25.1 Å². The molecular formula is C11H14O2. The summed E-state index contributed by atoms with van der Waals surface area (Å²) in [6.07, 6.45) is 0. The van der Waals surface area contributed by atoms with Crippen molar-refractivity contribution < 1.29 is 9.53 Å². The van der Waals surface area contributed by atoms with E-state index in [4.69, 9.17) is 4.74 Å². The molecule has 0 saturated heterocycles. The maximum atomic E-state index is 11.0. The van der Waals surface area contributed by atoms with Crippen LogP contribution in [-0.2, 0) is 11.3 Å². The highest BCUT2D eigenvalue weighted by Crippen LogP contribution is 2.12. The highest BCUT2D eigenvalue weighted by molar-refractivity contribution is 5.94. The molecule has 1 rings (SSSR count). The van der Waals surface area contributed by atoms with Crippen molar-refractivity contribution in [3.8, 4) is 0 Å². The molecule has 2 nitrogen and oxygen atoms in total. The van der Waals surface area contributed by atoms with Crippen LogP contribution in [0.2, 0.25) is 0 Å². The maximum Gasteiger partial charge on any atom is 0.159 e. The zero-order chi connectivity index (χ0) is 9.84. The molecule has 0 saturated carbocycles. The predicted molar refractivity (Wildman–Crippen MR) is 51.9 cm³/mol. The molecule has 70 valence electrons. The third kappa shape index (κ3) is 2.39. The molecule has 0 spiro atoms. The molecule has 0 aromatic heterocycles. The van der Waals surface area contributed by atoms with Crippen LogP contribution < -0.4 is 0 Å². The monoisotopic (exact) mass is 178 g/mol. The van der Waals surface area contributed by atoms with E-state index in [2.05, 4.69) is 0 Å². The topological polar surface area (TPSA) is 26.3 Å². The van der Waals surface area contributed by atoms with Gasteiger partial charge in [0.2, 0.25) is 0 Å². The van der Waals surface area contributed by atoms with Crippen molar-refractivity contribution in [2.24, 2.45) is 0 Å². The van der Waals surface area contributed by atoms with Gasteiger partial charge in [-0.15, -0.1) is 0 Å². The zero-order valence-corrected chi connectivity index (χ0v) is 8.26. The third-order valence-corrected chi connectivity index (χ3v) is 2.05. The Bertz CT molecular complexity index is 316. The van der Waals surface area contributed by atoms with Gasteiger partial charge in [-0.25, -0.2) is 0 Å². The Morgan fingerprint density at radius 2 is 2.15 bits per heavy atom. The van der Waals surface area contributed by atoms with Crippen LogP contribution in [0, 0.1) is 6.92 Å². The molecule has 1 aromatic rings. The van der Waals surface area contributed by atoms with Crippen LogP contribution in [-0.4, -0.2) is 12.9 Å². The van der Waals surface area contributed by atoms with Gasteiger partial charge < -0.3 is 4.74 Å². The molecule has 0 N–H and O–H groups in total. The minimum Gasteiger partial charge on any atom is -0.380 e. The first-order valence-corrected chi connectivity index (χ1v) is 4.24. The Hall–Kier alpha value is -1.15. The number of carbonyl (C=O) groups excluding carboxylic acids is 1. The van der Waals surface area contributed by atoms with E-state index in [0.717, 1.165) is 16.7 Å². The van der Waals surface area contributed by atoms with Gasteiger partial charge in [0.15, 0.2) is 5.78 Å². The van der Waals surface area contributed by atoms with Gasteiger partial charge in [0, 0.05) is 12.7 Å². The largest absolute Gasteiger partial charge is 0.380 e. The Balaban J connectivity index is 2.98. The molecule has 0 aliphatic heterocycles. The molecule has 0 aliphatic carbocycles. The summed E-state index contributed by atoms with van der Waals surface area (Å²) in [6.45, 7) is 4.16. The number of benzene rings is 1. The summed E-state index contributed by atoms with van der Waals surface area (Å²) in [5, 5.41) is 0. The number of hydrogen-bond donors (Lipinski definition) is 0. The maximum absolute atomic E-state index is 11.0. The van der Waals surface area contributed by atoms with Crippen molar-refractivity contribution in [3.63, 3.8) is 0 Å². The second-order valence-electron chi connectivity index (χ2n) is 3.13. The molecule has 0 fully saturated rings. The number of methoxy groups -OCH3 is 1. The van der Waals surface area contributed by atoms with E-state index in [1.165, 1.54) is 0 Å². The van der Waals surface area contributed by atoms with Gasteiger partial charge in [0.25, 0.3) is 0 Å². The first-order valence-electron chi connectivity index (χ1n) is 4.24. The van der Waals surface area contributed by atoms with Gasteiger partial charge in [-0.3, -0.25) is 4.79 Å². The first kappa shape index (κ1) is 9.93. The summed E-state index contributed by atoms with van der Waals surface area (Å²) in [5.41, 5.74) is 3.00. The summed E-state index contributed by atoms with van der Waals surface area (Å²) in [7, 11) is 1.67. The molecule has 0 heterocycles. The lowest BCUT2D eigenvalue weighted by Gasteiger charge is -2.05. The lowest BCUT2D eigenvalue weighted by molar-refractivity contribution is 0.101. The number of hydrogen-bond acceptors (Lipinski definition) is 2. The smallest absolute Gasteiger partial charge is 0.159 e. The van der Waals surface area contributed by atoms with Crippen LogP contribution in [0.25, 0.3) is 0 Å². The van der Waals surface area contributed by atoms with Crippen LogP contribution in [0.4, 0.5) is 0 Å². The summed E-state index contributed by atoms with van der Waals surface area (Å²) in [6, 6.07) is 5.68. The van der Waals surface area contributed by atoms with Crippen molar-refractivity contribution in [2.75, 3.05) is 7.11 Å². The molecule has 0 radical (unpaired) electrons. The van der Waals surface area contributed by atoms with E-state index < -0.39 is 0 Å². The standard InChI is InChI=1S/C11H14O2/c1-8-6-10(9(2)12)4-5-11(8)7-13-3/h4-6H,7H2,1-3H3. The Labute approximate surface area is 78.5 Å². The molecule has 0 amide bonds. The molecule has 0 atom stereocenters. The minimum absolute atomic E-state index is 0.104. The number of ether oxygens (including phenoxy) is 1. The highest BCUT2D eigenvalue weighted by Gasteiger charge is 2.02. The molecule has 0 aliphatic rings. The molecular weight excluding hydrogens is 164 g/mol. The zero-order valence-electron chi connectivity index (χ0n) is 8.26. The van der Waals surface area contributed by atoms with Crippen molar-refractivity contribution in [2.45, 2.75) is 20.5 Å². The average molecular weight is 178 g/mol. The Morgan fingerprint density at radius 3 is 2.62 bits per heavy atom. The highest BCUT2D eigenvalue weighted by atomic mass is 16.5. The van der Waals surface area contributed by atoms with Gasteiger partial charge in [-0.2, -0.15) is 0 Å². The van der Waals surface area contributed by atoms with Crippen molar-refractivity contribution in [1.82, 2.24) is 0 Å². The van der Waals surface area contributed by atoms with Gasteiger partial charge >= 0.3 is 0 Å². The first-order chi connectivity index (χ1) is 6.15. The average Bonchev–Trinajstić information content (AvgIpc) is 2.08. The lowest BCUT2D eigenvalue weighted by Crippen LogP contribution is -1.96. The van der Waals surface area contributed by atoms with Crippen LogP contribution in [0.3, 0.4) is 0 Å². The molecule has 0 bridgehead atoms. The number of aryl methyl sites for hydroxylation is 1. The van der Waals surface area contributed by atoms with E-state index >= 15 is 0 Å². The normalized spacial score (nSPS) is 10.1. The summed E-state index contributed by atoms with van der Waals surface area (Å²) >= 11 is 0. The van der Waals surface area contributed by atoms with Crippen LogP contribution in [0.1, 0.15) is 28.4 Å². The van der Waals surface area contributed by atoms with Gasteiger partial charge in [-0.1, -0.05) is 12.1 Å². The van der Waals surface area contributed by atoms with Crippen molar-refractivity contribution in [1.29, 1.82) is 0 Å². The second-order valence-corrected chi connectivity index (χ2v) is 3.13. The van der Waals surface area contributed by atoms with E-state index in [0.29, 0.717) is 6.61 Å². The molecule has 1 aromatic carbocycles. The summed E-state index contributed by atoms with van der Waals surface area (Å²) < 4.78 is 5.02. The summed E-state index contributed by atoms with van der Waals surface area (Å²) in [4.78, 5) is 11.0. The van der Waals surface area contributed by atoms with Crippen LogP contribution in [0.5, 0.6) is 0 Å². The predicted octanol–water partition coefficient (Wildman–Crippen LogP) is 2.34. The number of Topliss-reactive ketones (excluding diaryl/α,β-unsaturated/α-hetero) is 1. The molecule has 13 heavy (non-hydrogen) atoms. The van der Waals surface area contributed by atoms with Gasteiger partial charge in [-0.05, 0) is 31.0 Å². The lowest BCUT2D eigenvalue weighted by atomic mass is 10.0. The van der Waals surface area contributed by atoms with Gasteiger partial charge in [0.1, 0.15) is 0 Å². The number of ketones is 1. The molecule has 2 heteroatoms.